The number of rotatable bonds is 5. The third-order valence-electron chi connectivity index (χ3n) is 2.46. The first-order chi connectivity index (χ1) is 8.40. The largest absolute Gasteiger partial charge is 0.419 e. The summed E-state index contributed by atoms with van der Waals surface area (Å²) >= 11 is 0. The van der Waals surface area contributed by atoms with E-state index in [0.717, 1.165) is 6.07 Å². The smallest absolute Gasteiger partial charge is 0.391 e. The van der Waals surface area contributed by atoms with Crippen molar-refractivity contribution in [2.75, 3.05) is 11.4 Å². The number of hydrogen-bond donors (Lipinski definition) is 1. The Bertz CT molecular complexity index is 407. The number of anilines is 1. The predicted octanol–water partition coefficient (Wildman–Crippen LogP) is 2.82. The van der Waals surface area contributed by atoms with Gasteiger partial charge in [-0.05, 0) is 24.8 Å². The van der Waals surface area contributed by atoms with Crippen LogP contribution in [-0.2, 0) is 6.18 Å². The number of pyridine rings is 1. The van der Waals surface area contributed by atoms with Crippen LogP contribution in [0, 0.1) is 0 Å². The van der Waals surface area contributed by atoms with Crippen LogP contribution in [0.25, 0.3) is 0 Å². The van der Waals surface area contributed by atoms with E-state index in [9.17, 15) is 18.3 Å². The van der Waals surface area contributed by atoms with E-state index in [-0.39, 0.29) is 12.4 Å². The third kappa shape index (κ3) is 3.46. The molecule has 1 rings (SSSR count). The van der Waals surface area contributed by atoms with Crippen molar-refractivity contribution in [1.82, 2.24) is 4.98 Å². The van der Waals surface area contributed by atoms with Gasteiger partial charge in [-0.2, -0.15) is 13.2 Å². The number of aliphatic hydroxyl groups is 1. The molecular formula is C12H15F3N2O. The third-order valence-corrected chi connectivity index (χ3v) is 2.46. The molecule has 3 nitrogen and oxygen atoms in total. The van der Waals surface area contributed by atoms with Crippen LogP contribution in [0.15, 0.2) is 31.1 Å². The molecule has 0 bridgehead atoms. The fourth-order valence-electron chi connectivity index (χ4n) is 1.45. The molecule has 0 aromatic carbocycles. The number of halogens is 3. The van der Waals surface area contributed by atoms with Crippen LogP contribution in [-0.4, -0.2) is 22.7 Å². The summed E-state index contributed by atoms with van der Waals surface area (Å²) in [5.41, 5.74) is -0.840. The van der Waals surface area contributed by atoms with E-state index in [2.05, 4.69) is 11.6 Å². The van der Waals surface area contributed by atoms with Gasteiger partial charge in [0.2, 0.25) is 0 Å². The topological polar surface area (TPSA) is 36.4 Å². The van der Waals surface area contributed by atoms with Crippen molar-refractivity contribution in [3.8, 4) is 0 Å². The molecule has 1 N–H and O–H groups in total. The molecule has 100 valence electrons. The number of hydrogen-bond acceptors (Lipinski definition) is 3. The number of aliphatic hydroxyl groups excluding tert-OH is 1. The monoisotopic (exact) mass is 260 g/mol. The molecule has 1 heterocycles. The van der Waals surface area contributed by atoms with Crippen molar-refractivity contribution in [3.63, 3.8) is 0 Å². The van der Waals surface area contributed by atoms with Crippen LogP contribution in [0.1, 0.15) is 18.9 Å². The van der Waals surface area contributed by atoms with Crippen molar-refractivity contribution in [3.05, 3.63) is 36.7 Å². The Balaban J connectivity index is 3.10. The molecule has 0 saturated heterocycles. The summed E-state index contributed by atoms with van der Waals surface area (Å²) in [6, 6.07) is 2.18. The van der Waals surface area contributed by atoms with Crippen LogP contribution in [0.3, 0.4) is 0 Å². The highest BCUT2D eigenvalue weighted by Gasteiger charge is 2.35. The molecule has 0 aliphatic heterocycles. The molecular weight excluding hydrogens is 245 g/mol. The van der Waals surface area contributed by atoms with E-state index in [1.165, 1.54) is 23.4 Å². The van der Waals surface area contributed by atoms with Gasteiger partial charge in [-0.3, -0.25) is 0 Å². The second-order valence-corrected chi connectivity index (χ2v) is 3.77. The minimum Gasteiger partial charge on any atom is -0.391 e. The maximum Gasteiger partial charge on any atom is 0.419 e. The molecule has 0 amide bonds. The van der Waals surface area contributed by atoms with Gasteiger partial charge in [-0.25, -0.2) is 4.98 Å². The highest BCUT2D eigenvalue weighted by molar-refractivity contribution is 5.50. The van der Waals surface area contributed by atoms with Crippen molar-refractivity contribution >= 4 is 5.82 Å². The van der Waals surface area contributed by atoms with E-state index in [1.54, 1.807) is 6.92 Å². The fourth-order valence-corrected chi connectivity index (χ4v) is 1.45. The zero-order chi connectivity index (χ0) is 13.8. The highest BCUT2D eigenvalue weighted by Crippen LogP contribution is 2.35. The molecule has 1 aromatic rings. The molecule has 0 aliphatic rings. The average Bonchev–Trinajstić information content (AvgIpc) is 2.34. The van der Waals surface area contributed by atoms with Gasteiger partial charge < -0.3 is 10.0 Å². The van der Waals surface area contributed by atoms with Crippen LogP contribution < -0.4 is 4.90 Å². The molecule has 0 fully saturated rings. The summed E-state index contributed by atoms with van der Waals surface area (Å²) in [7, 11) is 0. The van der Waals surface area contributed by atoms with Crippen molar-refractivity contribution in [2.24, 2.45) is 0 Å². The number of aromatic nitrogens is 1. The molecule has 1 atom stereocenters. The number of alkyl halides is 3. The minimum absolute atomic E-state index is 0.0279. The maximum absolute atomic E-state index is 12.8. The molecule has 0 aliphatic carbocycles. The molecule has 18 heavy (non-hydrogen) atoms. The first-order valence-corrected chi connectivity index (χ1v) is 5.49. The Labute approximate surface area is 104 Å². The van der Waals surface area contributed by atoms with Gasteiger partial charge in [0.05, 0.1) is 11.7 Å². The molecule has 0 spiro atoms. The van der Waals surface area contributed by atoms with Crippen molar-refractivity contribution in [2.45, 2.75) is 25.6 Å². The SMILES string of the molecule is C=CN(CC(O)CC)c1ncccc1C(F)(F)F. The fraction of sp³-hybridized carbons (Fsp3) is 0.417. The second kappa shape index (κ2) is 5.86. The van der Waals surface area contributed by atoms with E-state index >= 15 is 0 Å². The zero-order valence-electron chi connectivity index (χ0n) is 9.98. The molecule has 1 unspecified atom stereocenters. The minimum atomic E-state index is -4.48. The summed E-state index contributed by atoms with van der Waals surface area (Å²) in [6.07, 6.45) is -2.26. The lowest BCUT2D eigenvalue weighted by atomic mass is 10.2. The second-order valence-electron chi connectivity index (χ2n) is 3.77. The van der Waals surface area contributed by atoms with Gasteiger partial charge in [-0.15, -0.1) is 0 Å². The van der Waals surface area contributed by atoms with Gasteiger partial charge >= 0.3 is 6.18 Å². The van der Waals surface area contributed by atoms with Gasteiger partial charge in [-0.1, -0.05) is 13.5 Å². The van der Waals surface area contributed by atoms with Crippen molar-refractivity contribution in [1.29, 1.82) is 0 Å². The van der Waals surface area contributed by atoms with E-state index < -0.39 is 17.8 Å². The lowest BCUT2D eigenvalue weighted by Gasteiger charge is -2.24. The molecule has 0 saturated carbocycles. The summed E-state index contributed by atoms with van der Waals surface area (Å²) in [4.78, 5) is 4.93. The summed E-state index contributed by atoms with van der Waals surface area (Å²) in [6.45, 7) is 5.23. The van der Waals surface area contributed by atoms with Crippen LogP contribution in [0.4, 0.5) is 19.0 Å². The predicted molar refractivity (Wildman–Crippen MR) is 63.1 cm³/mol. The Hall–Kier alpha value is -1.56. The summed E-state index contributed by atoms with van der Waals surface area (Å²) < 4.78 is 38.4. The Morgan fingerprint density at radius 3 is 2.72 bits per heavy atom. The Kier molecular flexibility index (Phi) is 4.72. The van der Waals surface area contributed by atoms with Crippen LogP contribution in [0.2, 0.25) is 0 Å². The van der Waals surface area contributed by atoms with Gasteiger partial charge in [0.15, 0.2) is 0 Å². The van der Waals surface area contributed by atoms with Crippen molar-refractivity contribution < 1.29 is 18.3 Å². The number of nitrogens with zero attached hydrogens (tertiary/aromatic N) is 2. The van der Waals surface area contributed by atoms with Gasteiger partial charge in [0, 0.05) is 12.7 Å². The normalized spacial score (nSPS) is 13.2. The summed E-state index contributed by atoms with van der Waals surface area (Å²) in [5.74, 6) is -0.243. The lowest BCUT2D eigenvalue weighted by Crippen LogP contribution is -2.30. The van der Waals surface area contributed by atoms with Crippen LogP contribution >= 0.6 is 0 Å². The first kappa shape index (κ1) is 14.5. The van der Waals surface area contributed by atoms with Crippen LogP contribution in [0.5, 0.6) is 0 Å². The lowest BCUT2D eigenvalue weighted by molar-refractivity contribution is -0.137. The quantitative estimate of drug-likeness (QED) is 0.884. The molecule has 6 heteroatoms. The average molecular weight is 260 g/mol. The van der Waals surface area contributed by atoms with E-state index in [0.29, 0.717) is 6.42 Å². The molecule has 0 radical (unpaired) electrons. The van der Waals surface area contributed by atoms with Gasteiger partial charge in [0.1, 0.15) is 5.82 Å². The van der Waals surface area contributed by atoms with E-state index in [1.807, 2.05) is 0 Å². The van der Waals surface area contributed by atoms with Gasteiger partial charge in [0.25, 0.3) is 0 Å². The first-order valence-electron chi connectivity index (χ1n) is 5.49. The highest BCUT2D eigenvalue weighted by atomic mass is 19.4. The molecule has 1 aromatic heterocycles. The van der Waals surface area contributed by atoms with E-state index in [4.69, 9.17) is 0 Å². The standard InChI is InChI=1S/C12H15F3N2O/c1-3-9(18)8-17(4-2)11-10(12(13,14)15)6-5-7-16-11/h4-7,9,18H,2-3,8H2,1H3. The Morgan fingerprint density at radius 1 is 1.56 bits per heavy atom. The maximum atomic E-state index is 12.8. The Morgan fingerprint density at radius 2 is 2.22 bits per heavy atom. The zero-order valence-corrected chi connectivity index (χ0v) is 9.98. The summed E-state index contributed by atoms with van der Waals surface area (Å²) in [5, 5.41) is 9.52.